The Morgan fingerprint density at radius 3 is 2.32 bits per heavy atom. The van der Waals surface area contributed by atoms with Gasteiger partial charge in [-0.2, -0.15) is 0 Å². The van der Waals surface area contributed by atoms with E-state index in [1.54, 1.807) is 29.2 Å². The SMILES string of the molecule is CC(=O)NCCN(C(=O)c1ccccc1)c1ccccc1Cl. The van der Waals surface area contributed by atoms with E-state index in [4.69, 9.17) is 11.6 Å². The molecule has 1 N–H and O–H groups in total. The Morgan fingerprint density at radius 1 is 1.05 bits per heavy atom. The summed E-state index contributed by atoms with van der Waals surface area (Å²) in [5.41, 5.74) is 1.20. The van der Waals surface area contributed by atoms with Crippen LogP contribution in [0.25, 0.3) is 0 Å². The average Bonchev–Trinajstić information content (AvgIpc) is 2.52. The van der Waals surface area contributed by atoms with Gasteiger partial charge in [-0.1, -0.05) is 41.9 Å². The number of anilines is 1. The third kappa shape index (κ3) is 4.09. The van der Waals surface area contributed by atoms with Gasteiger partial charge in [0.1, 0.15) is 0 Å². The molecule has 0 fully saturated rings. The van der Waals surface area contributed by atoms with Crippen LogP contribution in [0.3, 0.4) is 0 Å². The second-order valence-corrected chi connectivity index (χ2v) is 5.16. The molecule has 0 aliphatic rings. The Kier molecular flexibility index (Phi) is 5.55. The number of nitrogens with one attached hydrogen (secondary N) is 1. The molecular weight excluding hydrogens is 300 g/mol. The number of rotatable bonds is 5. The van der Waals surface area contributed by atoms with Crippen molar-refractivity contribution in [3.05, 3.63) is 65.2 Å². The molecule has 2 aromatic rings. The van der Waals surface area contributed by atoms with Gasteiger partial charge in [0.2, 0.25) is 5.91 Å². The first-order valence-corrected chi connectivity index (χ1v) is 7.33. The minimum Gasteiger partial charge on any atom is -0.355 e. The quantitative estimate of drug-likeness (QED) is 0.921. The summed E-state index contributed by atoms with van der Waals surface area (Å²) in [7, 11) is 0. The van der Waals surface area contributed by atoms with E-state index < -0.39 is 0 Å². The monoisotopic (exact) mass is 316 g/mol. The van der Waals surface area contributed by atoms with Gasteiger partial charge >= 0.3 is 0 Å². The Labute approximate surface area is 134 Å². The van der Waals surface area contributed by atoms with Crippen LogP contribution < -0.4 is 10.2 Å². The highest BCUT2D eigenvalue weighted by atomic mass is 35.5. The van der Waals surface area contributed by atoms with Crippen LogP contribution >= 0.6 is 11.6 Å². The molecule has 0 bridgehead atoms. The van der Waals surface area contributed by atoms with Gasteiger partial charge in [-0.3, -0.25) is 9.59 Å². The maximum Gasteiger partial charge on any atom is 0.258 e. The Balaban J connectivity index is 2.27. The normalized spacial score (nSPS) is 10.1. The minimum atomic E-state index is -0.154. The summed E-state index contributed by atoms with van der Waals surface area (Å²) < 4.78 is 0. The number of halogens is 1. The fourth-order valence-corrected chi connectivity index (χ4v) is 2.32. The second kappa shape index (κ2) is 7.61. The lowest BCUT2D eigenvalue weighted by Gasteiger charge is -2.24. The van der Waals surface area contributed by atoms with Crippen LogP contribution in [0.5, 0.6) is 0 Å². The van der Waals surface area contributed by atoms with Gasteiger partial charge < -0.3 is 10.2 Å². The van der Waals surface area contributed by atoms with Gasteiger partial charge in [-0.25, -0.2) is 0 Å². The number of para-hydroxylation sites is 1. The summed E-state index contributed by atoms with van der Waals surface area (Å²) in [4.78, 5) is 25.3. The van der Waals surface area contributed by atoms with Crippen molar-refractivity contribution in [1.29, 1.82) is 0 Å². The molecule has 0 radical (unpaired) electrons. The molecule has 22 heavy (non-hydrogen) atoms. The number of nitrogens with zero attached hydrogens (tertiary/aromatic N) is 1. The third-order valence-corrected chi connectivity index (χ3v) is 3.44. The molecule has 4 nitrogen and oxygen atoms in total. The maximum absolute atomic E-state index is 12.7. The van der Waals surface area contributed by atoms with Crippen LogP contribution in [-0.2, 0) is 4.79 Å². The van der Waals surface area contributed by atoms with E-state index in [1.165, 1.54) is 6.92 Å². The molecule has 0 saturated carbocycles. The number of amides is 2. The van der Waals surface area contributed by atoms with Gasteiger partial charge in [-0.05, 0) is 24.3 Å². The molecule has 2 aromatic carbocycles. The zero-order chi connectivity index (χ0) is 15.9. The van der Waals surface area contributed by atoms with E-state index in [9.17, 15) is 9.59 Å². The van der Waals surface area contributed by atoms with E-state index in [2.05, 4.69) is 5.32 Å². The topological polar surface area (TPSA) is 49.4 Å². The summed E-state index contributed by atoms with van der Waals surface area (Å²) in [6.07, 6.45) is 0. The van der Waals surface area contributed by atoms with Crippen molar-refractivity contribution in [2.45, 2.75) is 6.92 Å². The second-order valence-electron chi connectivity index (χ2n) is 4.76. The predicted octanol–water partition coefficient (Wildman–Crippen LogP) is 3.12. The fourth-order valence-electron chi connectivity index (χ4n) is 2.08. The first kappa shape index (κ1) is 16.0. The van der Waals surface area contributed by atoms with Crippen molar-refractivity contribution in [2.75, 3.05) is 18.0 Å². The smallest absolute Gasteiger partial charge is 0.258 e. The molecular formula is C17H17ClN2O2. The van der Waals surface area contributed by atoms with E-state index >= 15 is 0 Å². The maximum atomic E-state index is 12.7. The van der Waals surface area contributed by atoms with Crippen molar-refractivity contribution in [3.63, 3.8) is 0 Å². The molecule has 2 rings (SSSR count). The van der Waals surface area contributed by atoms with Gasteiger partial charge in [0.05, 0.1) is 10.7 Å². The highest BCUT2D eigenvalue weighted by molar-refractivity contribution is 6.34. The highest BCUT2D eigenvalue weighted by Crippen LogP contribution is 2.26. The Bertz CT molecular complexity index is 659. The number of carbonyl (C=O) groups excluding carboxylic acids is 2. The minimum absolute atomic E-state index is 0.133. The lowest BCUT2D eigenvalue weighted by Crippen LogP contribution is -2.38. The molecule has 0 unspecified atom stereocenters. The summed E-state index contributed by atoms with van der Waals surface area (Å²) >= 11 is 6.21. The van der Waals surface area contributed by atoms with Crippen LogP contribution in [0.15, 0.2) is 54.6 Å². The van der Waals surface area contributed by atoms with Crippen LogP contribution in [-0.4, -0.2) is 24.9 Å². The van der Waals surface area contributed by atoms with E-state index in [-0.39, 0.29) is 11.8 Å². The molecule has 114 valence electrons. The van der Waals surface area contributed by atoms with Crippen LogP contribution in [0.1, 0.15) is 17.3 Å². The van der Waals surface area contributed by atoms with Gasteiger partial charge in [0, 0.05) is 25.6 Å². The summed E-state index contributed by atoms with van der Waals surface area (Å²) in [6, 6.07) is 16.1. The van der Waals surface area contributed by atoms with Crippen LogP contribution in [0, 0.1) is 0 Å². The van der Waals surface area contributed by atoms with Gasteiger partial charge in [-0.15, -0.1) is 0 Å². The van der Waals surface area contributed by atoms with Crippen molar-refractivity contribution in [3.8, 4) is 0 Å². The Hall–Kier alpha value is -2.33. The van der Waals surface area contributed by atoms with Crippen molar-refractivity contribution < 1.29 is 9.59 Å². The summed E-state index contributed by atoms with van der Waals surface area (Å²) in [5.74, 6) is -0.287. The zero-order valence-corrected chi connectivity index (χ0v) is 13.0. The van der Waals surface area contributed by atoms with Gasteiger partial charge in [0.25, 0.3) is 5.91 Å². The molecule has 0 heterocycles. The molecule has 0 aliphatic heterocycles. The predicted molar refractivity (Wildman–Crippen MR) is 88.3 cm³/mol. The molecule has 0 spiro atoms. The first-order valence-electron chi connectivity index (χ1n) is 6.95. The van der Waals surface area contributed by atoms with E-state index in [1.807, 2.05) is 30.3 Å². The number of hydrogen-bond donors (Lipinski definition) is 1. The third-order valence-electron chi connectivity index (χ3n) is 3.12. The van der Waals surface area contributed by atoms with Crippen molar-refractivity contribution in [1.82, 2.24) is 5.32 Å². The molecule has 0 saturated heterocycles. The lowest BCUT2D eigenvalue weighted by atomic mass is 10.2. The molecule has 0 atom stereocenters. The van der Waals surface area contributed by atoms with Crippen LogP contribution in [0.4, 0.5) is 5.69 Å². The van der Waals surface area contributed by atoms with Crippen LogP contribution in [0.2, 0.25) is 5.02 Å². The Morgan fingerprint density at radius 2 is 1.68 bits per heavy atom. The molecule has 0 aromatic heterocycles. The highest BCUT2D eigenvalue weighted by Gasteiger charge is 2.19. The number of benzene rings is 2. The zero-order valence-electron chi connectivity index (χ0n) is 12.3. The molecule has 0 aliphatic carbocycles. The van der Waals surface area contributed by atoms with Crippen molar-refractivity contribution >= 4 is 29.1 Å². The average molecular weight is 317 g/mol. The van der Waals surface area contributed by atoms with Gasteiger partial charge in [0.15, 0.2) is 0 Å². The van der Waals surface area contributed by atoms with E-state index in [0.717, 1.165) is 0 Å². The number of carbonyl (C=O) groups is 2. The van der Waals surface area contributed by atoms with Crippen molar-refractivity contribution in [2.24, 2.45) is 0 Å². The number of hydrogen-bond acceptors (Lipinski definition) is 2. The first-order chi connectivity index (χ1) is 10.6. The molecule has 5 heteroatoms. The van der Waals surface area contributed by atoms with E-state index in [0.29, 0.717) is 29.4 Å². The standard InChI is InChI=1S/C17H17ClN2O2/c1-13(21)19-11-12-20(16-10-6-5-9-15(16)18)17(22)14-7-3-2-4-8-14/h2-10H,11-12H2,1H3,(H,19,21). The summed E-state index contributed by atoms with van der Waals surface area (Å²) in [6.45, 7) is 2.15. The largest absolute Gasteiger partial charge is 0.355 e. The lowest BCUT2D eigenvalue weighted by molar-refractivity contribution is -0.118. The summed E-state index contributed by atoms with van der Waals surface area (Å²) in [5, 5.41) is 3.19. The molecule has 2 amide bonds. The fraction of sp³-hybridized carbons (Fsp3) is 0.176.